The van der Waals surface area contributed by atoms with E-state index in [1.165, 1.54) is 32.1 Å². The third-order valence-corrected chi connectivity index (χ3v) is 11.1. The third-order valence-electron chi connectivity index (χ3n) is 11.1. The van der Waals surface area contributed by atoms with Crippen LogP contribution in [0.15, 0.2) is 81.6 Å². The highest BCUT2D eigenvalue weighted by Crippen LogP contribution is 2.68. The Hall–Kier alpha value is -3.69. The minimum absolute atomic E-state index is 0.0322. The highest BCUT2D eigenvalue weighted by molar-refractivity contribution is 6.11. The minimum Gasteiger partial charge on any atom is -0.457 e. The molecule has 0 saturated heterocycles. The van der Waals surface area contributed by atoms with Gasteiger partial charge in [-0.1, -0.05) is 37.6 Å². The number of hydrogen-bond donors (Lipinski definition) is 2. The summed E-state index contributed by atoms with van der Waals surface area (Å²) in [5.74, 6) is -0.983. The Morgan fingerprint density at radius 3 is 2.60 bits per heavy atom. The maximum absolute atomic E-state index is 14.1. The number of fused-ring (bicyclic) bond motifs is 5. The SMILES string of the molecule is CON(C)C(=O)[C@@]1(OC(=O)c2ccco2)CCC2C3CCC4=CC(=Nc5ccccc5)C(=CN)CC4(C)C3C(O)C[C@@]21C. The monoisotopic (exact) mass is 587 g/mol. The molecular formula is C34H41N3O6. The average molecular weight is 588 g/mol. The van der Waals surface area contributed by atoms with Crippen molar-refractivity contribution in [3.63, 3.8) is 0 Å². The van der Waals surface area contributed by atoms with Crippen LogP contribution in [0.25, 0.3) is 0 Å². The zero-order valence-electron chi connectivity index (χ0n) is 25.3. The highest BCUT2D eigenvalue weighted by Gasteiger charge is 2.71. The molecule has 0 radical (unpaired) electrons. The summed E-state index contributed by atoms with van der Waals surface area (Å²) < 4.78 is 11.5. The number of aliphatic imine (C=N–C) groups is 1. The number of rotatable bonds is 5. The molecule has 3 fully saturated rings. The number of aliphatic hydroxyl groups is 1. The number of amides is 1. The van der Waals surface area contributed by atoms with E-state index in [0.29, 0.717) is 25.7 Å². The first-order valence-electron chi connectivity index (χ1n) is 15.1. The number of hydroxylamine groups is 2. The van der Waals surface area contributed by atoms with Crippen molar-refractivity contribution in [2.75, 3.05) is 14.2 Å². The fraction of sp³-hybridized carbons (Fsp3) is 0.500. The van der Waals surface area contributed by atoms with E-state index in [0.717, 1.165) is 34.9 Å². The second kappa shape index (κ2) is 10.8. The van der Waals surface area contributed by atoms with Crippen molar-refractivity contribution >= 4 is 23.3 Å². The summed E-state index contributed by atoms with van der Waals surface area (Å²) in [6, 6.07) is 13.0. The Morgan fingerprint density at radius 1 is 1.16 bits per heavy atom. The number of carbonyl (C=O) groups excluding carboxylic acids is 2. The number of benzene rings is 1. The molecule has 7 atom stereocenters. The van der Waals surface area contributed by atoms with Crippen molar-refractivity contribution < 1.29 is 28.7 Å². The van der Waals surface area contributed by atoms with E-state index in [2.05, 4.69) is 13.0 Å². The lowest BCUT2D eigenvalue weighted by Crippen LogP contribution is -2.64. The summed E-state index contributed by atoms with van der Waals surface area (Å²) in [7, 11) is 2.94. The largest absolute Gasteiger partial charge is 0.457 e. The second-order valence-electron chi connectivity index (χ2n) is 13.0. The fourth-order valence-corrected chi connectivity index (χ4v) is 9.07. The lowest BCUT2D eigenvalue weighted by molar-refractivity contribution is -0.213. The summed E-state index contributed by atoms with van der Waals surface area (Å²) in [5.41, 5.74) is 7.51. The number of allylic oxidation sites excluding steroid dienone is 3. The summed E-state index contributed by atoms with van der Waals surface area (Å²) >= 11 is 0. The van der Waals surface area contributed by atoms with Gasteiger partial charge in [0.2, 0.25) is 5.76 Å². The predicted octanol–water partition coefficient (Wildman–Crippen LogP) is 5.35. The van der Waals surface area contributed by atoms with Crippen LogP contribution in [0.3, 0.4) is 0 Å². The highest BCUT2D eigenvalue weighted by atomic mass is 16.7. The van der Waals surface area contributed by atoms with Crippen LogP contribution >= 0.6 is 0 Å². The van der Waals surface area contributed by atoms with Crippen molar-refractivity contribution in [3.8, 4) is 0 Å². The van der Waals surface area contributed by atoms with Crippen LogP contribution in [0.5, 0.6) is 0 Å². The van der Waals surface area contributed by atoms with Crippen molar-refractivity contribution in [2.24, 2.45) is 39.3 Å². The molecule has 4 aliphatic carbocycles. The van der Waals surface area contributed by atoms with Crippen LogP contribution in [0.4, 0.5) is 5.69 Å². The first-order valence-corrected chi connectivity index (χ1v) is 15.1. The molecule has 6 rings (SSSR count). The lowest BCUT2D eigenvalue weighted by Gasteiger charge is -2.61. The molecule has 0 spiro atoms. The number of aliphatic hydroxyl groups excluding tert-OH is 1. The number of nitrogens with two attached hydrogens (primary N) is 1. The molecule has 2 aromatic rings. The summed E-state index contributed by atoms with van der Waals surface area (Å²) in [5, 5.41) is 13.2. The first kappa shape index (κ1) is 29.4. The number of furan rings is 1. The van der Waals surface area contributed by atoms with Gasteiger partial charge in [0.1, 0.15) is 0 Å². The first-order chi connectivity index (χ1) is 20.6. The molecule has 1 amide bonds. The van der Waals surface area contributed by atoms with Crippen molar-refractivity contribution in [3.05, 3.63) is 77.9 Å². The molecule has 9 heteroatoms. The number of esters is 1. The Labute approximate surface area is 252 Å². The molecule has 0 aliphatic heterocycles. The van der Waals surface area contributed by atoms with Gasteiger partial charge in [-0.3, -0.25) is 9.63 Å². The van der Waals surface area contributed by atoms with Crippen LogP contribution in [-0.4, -0.2) is 53.6 Å². The molecule has 3 N–H and O–H groups in total. The molecule has 4 aliphatic rings. The van der Waals surface area contributed by atoms with Crippen molar-refractivity contribution in [1.82, 2.24) is 5.06 Å². The summed E-state index contributed by atoms with van der Waals surface area (Å²) in [6.07, 6.45) is 8.22. The zero-order chi connectivity index (χ0) is 30.6. The predicted molar refractivity (Wildman–Crippen MR) is 161 cm³/mol. The maximum Gasteiger partial charge on any atom is 0.375 e. The van der Waals surface area contributed by atoms with E-state index >= 15 is 0 Å². The standard InChI is InChI=1S/C34H41N3O6/c1-32-18-21(20-35)26(36-23-9-6-5-7-10-23)17-22(32)12-13-24-25-14-15-34(31(40)37(3)41-4,33(25,2)19-27(38)29(24)32)43-30(39)28-11-8-16-42-28/h5-11,16-17,20,24-25,27,29,38H,12-15,18-19,35H2,1-4H3/t24?,25?,27?,29?,32?,33-,34-/m0/s1. The van der Waals surface area contributed by atoms with Gasteiger partial charge in [-0.2, -0.15) is 0 Å². The molecule has 1 aromatic heterocycles. The van der Waals surface area contributed by atoms with Gasteiger partial charge >= 0.3 is 5.97 Å². The number of nitrogens with zero attached hydrogens (tertiary/aromatic N) is 2. The Bertz CT molecular complexity index is 1480. The number of carbonyl (C=O) groups is 2. The van der Waals surface area contributed by atoms with E-state index in [1.807, 2.05) is 37.3 Å². The quantitative estimate of drug-likeness (QED) is 0.356. The van der Waals surface area contributed by atoms with Crippen LogP contribution in [-0.2, 0) is 14.4 Å². The smallest absolute Gasteiger partial charge is 0.375 e. The van der Waals surface area contributed by atoms with Crippen LogP contribution in [0.1, 0.15) is 62.9 Å². The molecule has 9 nitrogen and oxygen atoms in total. The maximum atomic E-state index is 14.1. The average Bonchev–Trinajstić information content (AvgIpc) is 3.64. The normalized spacial score (nSPS) is 36.8. The van der Waals surface area contributed by atoms with Crippen molar-refractivity contribution in [1.29, 1.82) is 0 Å². The Balaban J connectivity index is 1.37. The van der Waals surface area contributed by atoms with E-state index in [1.54, 1.807) is 12.3 Å². The van der Waals surface area contributed by atoms with E-state index < -0.39 is 29.0 Å². The van der Waals surface area contributed by atoms with E-state index in [-0.39, 0.29) is 28.9 Å². The van der Waals surface area contributed by atoms with Gasteiger partial charge in [0.25, 0.3) is 5.91 Å². The molecule has 0 bridgehead atoms. The molecule has 3 saturated carbocycles. The third kappa shape index (κ3) is 4.47. The molecule has 43 heavy (non-hydrogen) atoms. The Kier molecular flexibility index (Phi) is 7.37. The zero-order valence-corrected chi connectivity index (χ0v) is 25.3. The van der Waals surface area contributed by atoms with Gasteiger partial charge in [0.15, 0.2) is 5.60 Å². The van der Waals surface area contributed by atoms with Gasteiger partial charge in [-0.15, -0.1) is 0 Å². The van der Waals surface area contributed by atoms with Crippen LogP contribution < -0.4 is 5.73 Å². The molecule has 228 valence electrons. The lowest BCUT2D eigenvalue weighted by atomic mass is 9.45. The number of para-hydroxylation sites is 1. The van der Waals surface area contributed by atoms with Gasteiger partial charge < -0.3 is 20.0 Å². The number of hydrogen-bond acceptors (Lipinski definition) is 8. The van der Waals surface area contributed by atoms with Crippen LogP contribution in [0, 0.1) is 28.6 Å². The topological polar surface area (TPSA) is 128 Å². The van der Waals surface area contributed by atoms with Gasteiger partial charge in [0, 0.05) is 12.5 Å². The molecule has 1 heterocycles. The van der Waals surface area contributed by atoms with E-state index in [4.69, 9.17) is 24.7 Å². The number of ether oxygens (including phenoxy) is 1. The summed E-state index contributed by atoms with van der Waals surface area (Å²) in [4.78, 5) is 37.6. The Morgan fingerprint density at radius 2 is 1.93 bits per heavy atom. The second-order valence-corrected chi connectivity index (χ2v) is 13.0. The molecule has 5 unspecified atom stereocenters. The van der Waals surface area contributed by atoms with E-state index in [9.17, 15) is 14.7 Å². The minimum atomic E-state index is -1.51. The summed E-state index contributed by atoms with van der Waals surface area (Å²) in [6.45, 7) is 4.25. The van der Waals surface area contributed by atoms with Gasteiger partial charge in [-0.05, 0) is 104 Å². The molecular weight excluding hydrogens is 546 g/mol. The van der Waals surface area contributed by atoms with Crippen molar-refractivity contribution in [2.45, 2.75) is 64.1 Å². The fourth-order valence-electron chi connectivity index (χ4n) is 9.07. The van der Waals surface area contributed by atoms with Gasteiger partial charge in [0.05, 0.1) is 30.9 Å². The molecule has 1 aromatic carbocycles. The number of likely N-dealkylation sites (N-methyl/N-ethyl adjacent to an activating group) is 1. The van der Waals surface area contributed by atoms with Crippen LogP contribution in [0.2, 0.25) is 0 Å². The van der Waals surface area contributed by atoms with Gasteiger partial charge in [-0.25, -0.2) is 14.9 Å².